The fraction of sp³-hybridized carbons (Fsp3) is 0.533. The first kappa shape index (κ1) is 14.4. The van der Waals surface area contributed by atoms with Gasteiger partial charge in [-0.15, -0.1) is 0 Å². The number of carbonyl (C=O) groups excluding carboxylic acids is 1. The van der Waals surface area contributed by atoms with E-state index in [1.54, 1.807) is 0 Å². The van der Waals surface area contributed by atoms with E-state index in [0.29, 0.717) is 18.9 Å². The molecule has 0 saturated carbocycles. The van der Waals surface area contributed by atoms with Crippen LogP contribution in [0.4, 0.5) is 0 Å². The van der Waals surface area contributed by atoms with Gasteiger partial charge in [0.15, 0.2) is 0 Å². The molecule has 4 heteroatoms. The molecule has 1 N–H and O–H groups in total. The van der Waals surface area contributed by atoms with E-state index in [4.69, 9.17) is 11.6 Å². The van der Waals surface area contributed by atoms with Gasteiger partial charge in [-0.25, -0.2) is 0 Å². The SMILES string of the molecule is CC(C)N(Cc1cccc(Cl)c1)C(=O)CC1CNC1. The van der Waals surface area contributed by atoms with Gasteiger partial charge in [0.05, 0.1) is 0 Å². The summed E-state index contributed by atoms with van der Waals surface area (Å²) in [4.78, 5) is 14.3. The van der Waals surface area contributed by atoms with Gasteiger partial charge in [0.25, 0.3) is 0 Å². The minimum Gasteiger partial charge on any atom is -0.336 e. The van der Waals surface area contributed by atoms with Gasteiger partial charge in [0.2, 0.25) is 5.91 Å². The van der Waals surface area contributed by atoms with Crippen molar-refractivity contribution in [3.63, 3.8) is 0 Å². The summed E-state index contributed by atoms with van der Waals surface area (Å²) in [6.45, 7) is 6.68. The van der Waals surface area contributed by atoms with Gasteiger partial charge in [-0.05, 0) is 50.6 Å². The molecule has 2 rings (SSSR count). The van der Waals surface area contributed by atoms with Crippen molar-refractivity contribution in [2.24, 2.45) is 5.92 Å². The van der Waals surface area contributed by atoms with E-state index in [1.165, 1.54) is 0 Å². The highest BCUT2D eigenvalue weighted by Gasteiger charge is 2.24. The Morgan fingerprint density at radius 3 is 2.74 bits per heavy atom. The molecule has 1 aliphatic rings. The summed E-state index contributed by atoms with van der Waals surface area (Å²) in [6, 6.07) is 7.93. The van der Waals surface area contributed by atoms with Crippen LogP contribution in [0, 0.1) is 5.92 Å². The van der Waals surface area contributed by atoms with Crippen molar-refractivity contribution in [1.82, 2.24) is 10.2 Å². The number of nitrogens with one attached hydrogen (secondary N) is 1. The van der Waals surface area contributed by atoms with E-state index >= 15 is 0 Å². The number of halogens is 1. The molecule has 1 saturated heterocycles. The number of nitrogens with zero attached hydrogens (tertiary/aromatic N) is 1. The van der Waals surface area contributed by atoms with E-state index in [1.807, 2.05) is 29.2 Å². The standard InChI is InChI=1S/C15H21ClN2O/c1-11(2)18(15(19)7-13-8-17-9-13)10-12-4-3-5-14(16)6-12/h3-6,11,13,17H,7-10H2,1-2H3. The van der Waals surface area contributed by atoms with Crippen molar-refractivity contribution >= 4 is 17.5 Å². The maximum atomic E-state index is 12.3. The second kappa shape index (κ2) is 6.40. The van der Waals surface area contributed by atoms with Gasteiger partial charge >= 0.3 is 0 Å². The van der Waals surface area contributed by atoms with Crippen LogP contribution in [0.3, 0.4) is 0 Å². The van der Waals surface area contributed by atoms with E-state index in [-0.39, 0.29) is 11.9 Å². The molecule has 0 atom stereocenters. The Hall–Kier alpha value is -1.06. The molecule has 3 nitrogen and oxygen atoms in total. The molecule has 104 valence electrons. The topological polar surface area (TPSA) is 32.3 Å². The summed E-state index contributed by atoms with van der Waals surface area (Å²) in [5.74, 6) is 0.745. The van der Waals surface area contributed by atoms with Crippen LogP contribution >= 0.6 is 11.6 Å². The summed E-state index contributed by atoms with van der Waals surface area (Å²) in [7, 11) is 0. The maximum absolute atomic E-state index is 12.3. The summed E-state index contributed by atoms with van der Waals surface area (Å²) in [5.41, 5.74) is 1.08. The number of benzene rings is 1. The minimum absolute atomic E-state index is 0.208. The maximum Gasteiger partial charge on any atom is 0.223 e. The second-order valence-electron chi connectivity index (χ2n) is 5.47. The van der Waals surface area contributed by atoms with Gasteiger partial charge in [0.1, 0.15) is 0 Å². The molecule has 1 aliphatic heterocycles. The van der Waals surface area contributed by atoms with Gasteiger partial charge in [-0.2, -0.15) is 0 Å². The van der Waals surface area contributed by atoms with Crippen molar-refractivity contribution in [2.75, 3.05) is 13.1 Å². The molecule has 0 bridgehead atoms. The average Bonchev–Trinajstić information content (AvgIpc) is 2.30. The molecule has 1 aromatic rings. The molecule has 1 heterocycles. The smallest absolute Gasteiger partial charge is 0.223 e. The van der Waals surface area contributed by atoms with Crippen molar-refractivity contribution in [1.29, 1.82) is 0 Å². The van der Waals surface area contributed by atoms with Gasteiger partial charge < -0.3 is 10.2 Å². The fourth-order valence-corrected chi connectivity index (χ4v) is 2.46. The Morgan fingerprint density at radius 2 is 2.21 bits per heavy atom. The number of hydrogen-bond acceptors (Lipinski definition) is 2. The summed E-state index contributed by atoms with van der Waals surface area (Å²) in [6.07, 6.45) is 0.645. The Bertz CT molecular complexity index is 444. The Kier molecular flexibility index (Phi) is 4.83. The molecule has 0 spiro atoms. The number of rotatable bonds is 5. The van der Waals surface area contributed by atoms with Crippen LogP contribution in [0.2, 0.25) is 5.02 Å². The van der Waals surface area contributed by atoms with Crippen molar-refractivity contribution in [2.45, 2.75) is 32.9 Å². The molecule has 1 aromatic carbocycles. The predicted molar refractivity (Wildman–Crippen MR) is 78.1 cm³/mol. The third-order valence-corrected chi connectivity index (χ3v) is 3.75. The number of amides is 1. The lowest BCUT2D eigenvalue weighted by atomic mass is 9.98. The van der Waals surface area contributed by atoms with Crippen molar-refractivity contribution in [3.8, 4) is 0 Å². The van der Waals surface area contributed by atoms with E-state index in [0.717, 1.165) is 23.7 Å². The monoisotopic (exact) mass is 280 g/mol. The molecule has 1 fully saturated rings. The van der Waals surface area contributed by atoms with Crippen LogP contribution in [-0.2, 0) is 11.3 Å². The van der Waals surface area contributed by atoms with Crippen LogP contribution in [-0.4, -0.2) is 29.9 Å². The highest BCUT2D eigenvalue weighted by atomic mass is 35.5. The Morgan fingerprint density at radius 1 is 1.47 bits per heavy atom. The predicted octanol–water partition coefficient (Wildman–Crippen LogP) is 2.69. The molecule has 1 amide bonds. The molecule has 0 radical (unpaired) electrons. The second-order valence-corrected chi connectivity index (χ2v) is 5.91. The van der Waals surface area contributed by atoms with Crippen LogP contribution in [0.1, 0.15) is 25.8 Å². The highest BCUT2D eigenvalue weighted by Crippen LogP contribution is 2.17. The Balaban J connectivity index is 2.00. The lowest BCUT2D eigenvalue weighted by molar-refractivity contribution is -0.135. The summed E-state index contributed by atoms with van der Waals surface area (Å²) < 4.78 is 0. The molecular formula is C15H21ClN2O. The number of carbonyl (C=O) groups is 1. The van der Waals surface area contributed by atoms with Crippen LogP contribution in [0.5, 0.6) is 0 Å². The zero-order chi connectivity index (χ0) is 13.8. The molecular weight excluding hydrogens is 260 g/mol. The van der Waals surface area contributed by atoms with Crippen LogP contribution in [0.25, 0.3) is 0 Å². The largest absolute Gasteiger partial charge is 0.336 e. The van der Waals surface area contributed by atoms with E-state index in [2.05, 4.69) is 19.2 Å². The van der Waals surface area contributed by atoms with Crippen LogP contribution in [0.15, 0.2) is 24.3 Å². The summed E-state index contributed by atoms with van der Waals surface area (Å²) >= 11 is 5.99. The molecule has 0 unspecified atom stereocenters. The number of hydrogen-bond donors (Lipinski definition) is 1. The fourth-order valence-electron chi connectivity index (χ4n) is 2.25. The van der Waals surface area contributed by atoms with Crippen molar-refractivity contribution < 1.29 is 4.79 Å². The van der Waals surface area contributed by atoms with Crippen LogP contribution < -0.4 is 5.32 Å². The van der Waals surface area contributed by atoms with Gasteiger partial charge in [-0.3, -0.25) is 4.79 Å². The van der Waals surface area contributed by atoms with Crippen molar-refractivity contribution in [3.05, 3.63) is 34.9 Å². The van der Waals surface area contributed by atoms with E-state index < -0.39 is 0 Å². The quantitative estimate of drug-likeness (QED) is 0.899. The Labute approximate surface area is 119 Å². The third kappa shape index (κ3) is 3.95. The molecule has 0 aliphatic carbocycles. The average molecular weight is 281 g/mol. The lowest BCUT2D eigenvalue weighted by Crippen LogP contribution is -2.46. The first-order valence-corrected chi connectivity index (χ1v) is 7.18. The third-order valence-electron chi connectivity index (χ3n) is 3.51. The zero-order valence-electron chi connectivity index (χ0n) is 11.5. The molecule has 19 heavy (non-hydrogen) atoms. The normalized spacial score (nSPS) is 15.4. The lowest BCUT2D eigenvalue weighted by Gasteiger charge is -2.32. The first-order valence-electron chi connectivity index (χ1n) is 6.81. The highest BCUT2D eigenvalue weighted by molar-refractivity contribution is 6.30. The summed E-state index contributed by atoms with van der Waals surface area (Å²) in [5, 5.41) is 3.92. The van der Waals surface area contributed by atoms with Gasteiger partial charge in [0, 0.05) is 24.0 Å². The zero-order valence-corrected chi connectivity index (χ0v) is 12.3. The van der Waals surface area contributed by atoms with E-state index in [9.17, 15) is 4.79 Å². The molecule has 0 aromatic heterocycles. The first-order chi connectivity index (χ1) is 9.06. The van der Waals surface area contributed by atoms with Gasteiger partial charge in [-0.1, -0.05) is 23.7 Å². The minimum atomic E-state index is 0.208.